The summed E-state index contributed by atoms with van der Waals surface area (Å²) in [6, 6.07) is 9.06. The Bertz CT molecular complexity index is 1010. The minimum absolute atomic E-state index is 0.00882. The molecule has 27 heavy (non-hydrogen) atoms. The molecule has 1 unspecified atom stereocenters. The number of Topliss-reactive ketones (excluding diaryl/α,β-unsaturated/α-hetero) is 1. The summed E-state index contributed by atoms with van der Waals surface area (Å²) in [6.45, 7) is 5.64. The predicted molar refractivity (Wildman–Crippen MR) is 99.6 cm³/mol. The molecule has 4 rings (SSSR count). The minimum atomic E-state index is -0.507. The fourth-order valence-electron chi connectivity index (χ4n) is 3.94. The highest BCUT2D eigenvalue weighted by Gasteiger charge is 2.44. The van der Waals surface area contributed by atoms with Crippen LogP contribution in [0, 0.1) is 12.3 Å². The Balaban J connectivity index is 1.98. The zero-order valence-electron chi connectivity index (χ0n) is 15.7. The molecule has 2 aromatic rings. The number of aliphatic hydroxyl groups excluding tert-OH is 1. The lowest BCUT2D eigenvalue weighted by Crippen LogP contribution is -2.34. The summed E-state index contributed by atoms with van der Waals surface area (Å²) in [6.07, 6.45) is 0.994. The number of fused-ring (bicyclic) bond motifs is 1. The lowest BCUT2D eigenvalue weighted by Gasteiger charge is -2.37. The molecule has 140 valence electrons. The van der Waals surface area contributed by atoms with Crippen LogP contribution in [0.1, 0.15) is 55.3 Å². The van der Waals surface area contributed by atoms with E-state index < -0.39 is 12.5 Å². The van der Waals surface area contributed by atoms with Crippen molar-refractivity contribution in [2.24, 2.45) is 5.41 Å². The molecule has 0 bridgehead atoms. The monoisotopic (exact) mass is 366 g/mol. The summed E-state index contributed by atoms with van der Waals surface area (Å²) in [7, 11) is 0. The second kappa shape index (κ2) is 6.20. The lowest BCUT2D eigenvalue weighted by molar-refractivity contribution is -0.118. The molecule has 5 heteroatoms. The van der Waals surface area contributed by atoms with E-state index in [4.69, 9.17) is 9.15 Å². The highest BCUT2D eigenvalue weighted by Crippen LogP contribution is 2.49. The van der Waals surface area contributed by atoms with Gasteiger partial charge in [-0.2, -0.15) is 0 Å². The smallest absolute Gasteiger partial charge is 0.228 e. The molecule has 0 fully saturated rings. The van der Waals surface area contributed by atoms with E-state index in [1.54, 1.807) is 0 Å². The van der Waals surface area contributed by atoms with Crippen LogP contribution in [0.2, 0.25) is 0 Å². The average Bonchev–Trinajstić information content (AvgIpc) is 2.60. The zero-order chi connectivity index (χ0) is 19.3. The van der Waals surface area contributed by atoms with Crippen LogP contribution < -0.4 is 10.2 Å². The van der Waals surface area contributed by atoms with Crippen molar-refractivity contribution in [1.29, 1.82) is 0 Å². The van der Waals surface area contributed by atoms with Crippen molar-refractivity contribution in [2.75, 3.05) is 0 Å². The molecule has 1 atom stereocenters. The molecule has 0 amide bonds. The Morgan fingerprint density at radius 3 is 2.52 bits per heavy atom. The van der Waals surface area contributed by atoms with Gasteiger partial charge in [0.25, 0.3) is 0 Å². The third-order valence-corrected chi connectivity index (χ3v) is 5.20. The van der Waals surface area contributed by atoms with Gasteiger partial charge in [-0.1, -0.05) is 43.7 Å². The maximum atomic E-state index is 13.0. The number of carbonyl (C=O) groups is 1. The topological polar surface area (TPSA) is 76.7 Å². The first kappa shape index (κ1) is 17.7. The van der Waals surface area contributed by atoms with Crippen LogP contribution in [0.15, 0.2) is 50.9 Å². The predicted octanol–water partition coefficient (Wildman–Crippen LogP) is 3.61. The summed E-state index contributed by atoms with van der Waals surface area (Å²) < 4.78 is 11.7. The van der Waals surface area contributed by atoms with Gasteiger partial charge in [-0.15, -0.1) is 0 Å². The van der Waals surface area contributed by atoms with Crippen LogP contribution in [0.4, 0.5) is 0 Å². The summed E-state index contributed by atoms with van der Waals surface area (Å²) in [5.74, 6) is 0.622. The maximum absolute atomic E-state index is 13.0. The molecule has 1 N–H and O–H groups in total. The summed E-state index contributed by atoms with van der Waals surface area (Å²) >= 11 is 0. The Kier molecular flexibility index (Phi) is 4.07. The van der Waals surface area contributed by atoms with Crippen molar-refractivity contribution in [3.63, 3.8) is 0 Å². The van der Waals surface area contributed by atoms with Crippen molar-refractivity contribution in [3.8, 4) is 5.75 Å². The minimum Gasteiger partial charge on any atom is -0.458 e. The van der Waals surface area contributed by atoms with E-state index in [9.17, 15) is 14.7 Å². The van der Waals surface area contributed by atoms with E-state index >= 15 is 0 Å². The first-order chi connectivity index (χ1) is 12.8. The molecule has 0 spiro atoms. The quantitative estimate of drug-likeness (QED) is 0.879. The van der Waals surface area contributed by atoms with E-state index in [1.165, 1.54) is 6.07 Å². The molecule has 0 saturated heterocycles. The zero-order valence-corrected chi connectivity index (χ0v) is 15.7. The van der Waals surface area contributed by atoms with Gasteiger partial charge >= 0.3 is 0 Å². The van der Waals surface area contributed by atoms with Crippen LogP contribution in [0.5, 0.6) is 5.75 Å². The highest BCUT2D eigenvalue weighted by atomic mass is 16.5. The molecule has 1 aliphatic heterocycles. The van der Waals surface area contributed by atoms with Crippen molar-refractivity contribution in [3.05, 3.63) is 74.5 Å². The molecule has 1 aliphatic carbocycles. The highest BCUT2D eigenvalue weighted by molar-refractivity contribution is 5.99. The average molecular weight is 366 g/mol. The number of aryl methyl sites for hydroxylation is 1. The van der Waals surface area contributed by atoms with Crippen LogP contribution in [-0.2, 0) is 11.4 Å². The molecule has 5 nitrogen and oxygen atoms in total. The summed E-state index contributed by atoms with van der Waals surface area (Å²) in [5.41, 5.74) is 1.95. The number of hydrogen-bond acceptors (Lipinski definition) is 5. The number of allylic oxidation sites excluding steroid dienone is 2. The molecule has 1 aromatic heterocycles. The second-order valence-corrected chi connectivity index (χ2v) is 8.15. The fraction of sp³-hybridized carbons (Fsp3) is 0.364. The van der Waals surface area contributed by atoms with Crippen molar-refractivity contribution in [1.82, 2.24) is 0 Å². The van der Waals surface area contributed by atoms with Gasteiger partial charge in [0.15, 0.2) is 11.5 Å². The van der Waals surface area contributed by atoms with E-state index in [-0.39, 0.29) is 28.1 Å². The number of hydrogen-bond donors (Lipinski definition) is 1. The van der Waals surface area contributed by atoms with Gasteiger partial charge in [0.05, 0.1) is 5.92 Å². The third kappa shape index (κ3) is 3.02. The number of ether oxygens (including phenoxy) is 1. The van der Waals surface area contributed by atoms with E-state index in [1.807, 2.05) is 45.0 Å². The molecule has 0 radical (unpaired) electrons. The lowest BCUT2D eigenvalue weighted by atomic mass is 9.71. The first-order valence-corrected chi connectivity index (χ1v) is 9.07. The van der Waals surface area contributed by atoms with Gasteiger partial charge in [0.2, 0.25) is 11.2 Å². The largest absolute Gasteiger partial charge is 0.458 e. The number of ketones is 1. The van der Waals surface area contributed by atoms with Gasteiger partial charge in [-0.05, 0) is 17.9 Å². The third-order valence-electron chi connectivity index (χ3n) is 5.20. The molecular formula is C22H22O5. The Labute approximate surface area is 157 Å². The molecular weight excluding hydrogens is 344 g/mol. The van der Waals surface area contributed by atoms with Gasteiger partial charge < -0.3 is 14.3 Å². The fourth-order valence-corrected chi connectivity index (χ4v) is 3.94. The number of rotatable bonds is 2. The Hall–Kier alpha value is -2.66. The number of aliphatic hydroxyl groups is 1. The second-order valence-electron chi connectivity index (χ2n) is 8.15. The molecule has 1 aromatic carbocycles. The van der Waals surface area contributed by atoms with Crippen LogP contribution >= 0.6 is 0 Å². The van der Waals surface area contributed by atoms with E-state index in [0.29, 0.717) is 29.9 Å². The SMILES string of the molecule is Cc1ccc(C2C3=C(CC(C)(C)CC3=O)Oc3c2oc(CO)cc3=O)cc1. The normalized spacial score (nSPS) is 20.7. The Morgan fingerprint density at radius 2 is 1.85 bits per heavy atom. The van der Waals surface area contributed by atoms with Crippen LogP contribution in [0.3, 0.4) is 0 Å². The first-order valence-electron chi connectivity index (χ1n) is 9.07. The van der Waals surface area contributed by atoms with Gasteiger partial charge in [0, 0.05) is 24.5 Å². The number of benzene rings is 1. The van der Waals surface area contributed by atoms with Gasteiger partial charge in [-0.25, -0.2) is 0 Å². The van der Waals surface area contributed by atoms with Crippen molar-refractivity contribution in [2.45, 2.75) is 46.1 Å². The van der Waals surface area contributed by atoms with Gasteiger partial charge in [0.1, 0.15) is 18.1 Å². The molecule has 2 aliphatic rings. The Morgan fingerprint density at radius 1 is 1.15 bits per heavy atom. The van der Waals surface area contributed by atoms with Crippen LogP contribution in [-0.4, -0.2) is 10.9 Å². The van der Waals surface area contributed by atoms with Crippen LogP contribution in [0.25, 0.3) is 0 Å². The summed E-state index contributed by atoms with van der Waals surface area (Å²) in [5, 5.41) is 9.46. The van der Waals surface area contributed by atoms with Crippen molar-refractivity contribution < 1.29 is 19.1 Å². The number of carbonyl (C=O) groups excluding carboxylic acids is 1. The summed E-state index contributed by atoms with van der Waals surface area (Å²) in [4.78, 5) is 25.6. The van der Waals surface area contributed by atoms with Crippen molar-refractivity contribution >= 4 is 5.78 Å². The maximum Gasteiger partial charge on any atom is 0.228 e. The standard InChI is InChI=1S/C22H22O5/c1-12-4-6-13(7-5-12)18-19-16(25)9-22(2,3)10-17(19)27-20-15(24)8-14(11-23)26-21(18)20/h4-8,18,23H,9-11H2,1-3H3. The van der Waals surface area contributed by atoms with Gasteiger partial charge in [-0.3, -0.25) is 9.59 Å². The van der Waals surface area contributed by atoms with E-state index in [0.717, 1.165) is 11.1 Å². The molecule has 0 saturated carbocycles. The van der Waals surface area contributed by atoms with E-state index in [2.05, 4.69) is 0 Å². The molecule has 2 heterocycles.